The topological polar surface area (TPSA) is 73.5 Å². The highest BCUT2D eigenvalue weighted by atomic mass is 19.1. The van der Waals surface area contributed by atoms with Crippen molar-refractivity contribution < 1.29 is 8.78 Å². The smallest absolute Gasteiger partial charge is 0.246 e. The van der Waals surface area contributed by atoms with Crippen LogP contribution in [0.15, 0.2) is 48.8 Å². The number of hydrogen-bond acceptors (Lipinski definition) is 5. The average Bonchev–Trinajstić information content (AvgIpc) is 3.30. The minimum atomic E-state index is -0.427. The number of aromatic nitrogens is 6. The Morgan fingerprint density at radius 2 is 1.90 bits per heavy atom. The second kappa shape index (κ2) is 7.90. The zero-order valence-corrected chi connectivity index (χ0v) is 17.0. The van der Waals surface area contributed by atoms with Gasteiger partial charge in [0.05, 0.1) is 0 Å². The van der Waals surface area contributed by atoms with Gasteiger partial charge in [0.2, 0.25) is 5.95 Å². The van der Waals surface area contributed by atoms with E-state index in [9.17, 15) is 8.78 Å². The predicted octanol–water partition coefficient (Wildman–Crippen LogP) is 4.50. The molecule has 0 saturated heterocycles. The summed E-state index contributed by atoms with van der Waals surface area (Å²) in [6.07, 6.45) is 4.35. The number of rotatable bonds is 4. The number of aryl methyl sites for hydroxylation is 2. The highest BCUT2D eigenvalue weighted by Crippen LogP contribution is 2.32. The molecule has 158 valence electrons. The Balaban J connectivity index is 1.42. The number of halogens is 2. The summed E-state index contributed by atoms with van der Waals surface area (Å²) in [5, 5.41) is 11.7. The molecule has 0 fully saturated rings. The molecule has 2 aromatic carbocycles. The summed E-state index contributed by atoms with van der Waals surface area (Å²) in [4.78, 5) is 8.73. The molecule has 1 unspecified atom stereocenters. The fourth-order valence-corrected chi connectivity index (χ4v) is 4.00. The molecule has 0 saturated carbocycles. The first-order valence-corrected chi connectivity index (χ1v) is 10.2. The zero-order valence-electron chi connectivity index (χ0n) is 17.0. The van der Waals surface area contributed by atoms with Crippen molar-refractivity contribution in [2.75, 3.05) is 5.32 Å². The van der Waals surface area contributed by atoms with Crippen molar-refractivity contribution in [2.45, 2.75) is 38.6 Å². The van der Waals surface area contributed by atoms with Gasteiger partial charge in [0.25, 0.3) is 0 Å². The van der Waals surface area contributed by atoms with Crippen LogP contribution in [0.4, 0.5) is 20.4 Å². The van der Waals surface area contributed by atoms with Crippen LogP contribution in [-0.4, -0.2) is 29.5 Å². The molecule has 2 aromatic heterocycles. The fourth-order valence-electron chi connectivity index (χ4n) is 4.00. The molecule has 7 nitrogen and oxygen atoms in total. The van der Waals surface area contributed by atoms with E-state index in [1.54, 1.807) is 31.2 Å². The number of hydrogen-bond donors (Lipinski definition) is 1. The van der Waals surface area contributed by atoms with Gasteiger partial charge in [-0.1, -0.05) is 18.6 Å². The molecule has 1 atom stereocenters. The Morgan fingerprint density at radius 3 is 2.65 bits per heavy atom. The van der Waals surface area contributed by atoms with Gasteiger partial charge in [-0.05, 0) is 55.7 Å². The van der Waals surface area contributed by atoms with Crippen LogP contribution in [0.3, 0.4) is 0 Å². The number of nitrogens with one attached hydrogen (secondary N) is 1. The van der Waals surface area contributed by atoms with Crippen LogP contribution in [0.5, 0.6) is 0 Å². The third kappa shape index (κ3) is 3.78. The van der Waals surface area contributed by atoms with E-state index in [1.807, 2.05) is 4.68 Å². The number of fused-ring (bicyclic) bond motifs is 1. The fraction of sp³-hybridized carbons (Fsp3) is 0.273. The van der Waals surface area contributed by atoms with Crippen molar-refractivity contribution >= 4 is 11.6 Å². The van der Waals surface area contributed by atoms with E-state index in [4.69, 9.17) is 4.98 Å². The van der Waals surface area contributed by atoms with E-state index in [0.717, 1.165) is 37.2 Å². The van der Waals surface area contributed by atoms with E-state index in [0.29, 0.717) is 23.1 Å². The normalized spacial score (nSPS) is 16.0. The lowest BCUT2D eigenvalue weighted by Gasteiger charge is -2.14. The second-order valence-electron chi connectivity index (χ2n) is 7.63. The molecule has 1 N–H and O–H groups in total. The lowest BCUT2D eigenvalue weighted by Crippen LogP contribution is -2.08. The van der Waals surface area contributed by atoms with Gasteiger partial charge in [-0.3, -0.25) is 0 Å². The van der Waals surface area contributed by atoms with Gasteiger partial charge in [-0.25, -0.2) is 23.1 Å². The van der Waals surface area contributed by atoms with Crippen LogP contribution in [-0.2, 0) is 6.54 Å². The minimum Gasteiger partial charge on any atom is -0.323 e. The molecule has 0 radical (unpaired) electrons. The quantitative estimate of drug-likeness (QED) is 0.525. The predicted molar refractivity (Wildman–Crippen MR) is 111 cm³/mol. The van der Waals surface area contributed by atoms with Gasteiger partial charge in [0, 0.05) is 18.2 Å². The number of anilines is 2. The molecule has 0 bridgehead atoms. The first kappa shape index (κ1) is 19.3. The molecule has 0 aliphatic carbocycles. The van der Waals surface area contributed by atoms with Crippen LogP contribution in [0.25, 0.3) is 5.69 Å². The van der Waals surface area contributed by atoms with Crippen LogP contribution < -0.4 is 5.32 Å². The van der Waals surface area contributed by atoms with Crippen molar-refractivity contribution in [1.82, 2.24) is 29.5 Å². The van der Waals surface area contributed by atoms with Crippen molar-refractivity contribution in [3.63, 3.8) is 0 Å². The average molecular weight is 421 g/mol. The summed E-state index contributed by atoms with van der Waals surface area (Å²) in [5.41, 5.74) is 1.88. The summed E-state index contributed by atoms with van der Waals surface area (Å²) in [5.74, 6) is 1.21. The van der Waals surface area contributed by atoms with E-state index < -0.39 is 5.82 Å². The molecule has 3 heterocycles. The highest BCUT2D eigenvalue weighted by molar-refractivity contribution is 5.56. The monoisotopic (exact) mass is 421 g/mol. The maximum absolute atomic E-state index is 14.7. The second-order valence-corrected chi connectivity index (χ2v) is 7.63. The number of benzene rings is 2. The summed E-state index contributed by atoms with van der Waals surface area (Å²) >= 11 is 0. The van der Waals surface area contributed by atoms with E-state index in [2.05, 4.69) is 20.5 Å². The molecule has 9 heteroatoms. The Bertz CT molecular complexity index is 1210. The molecule has 0 spiro atoms. The van der Waals surface area contributed by atoms with Crippen molar-refractivity contribution in [2.24, 2.45) is 0 Å². The van der Waals surface area contributed by atoms with Crippen LogP contribution in [0.1, 0.15) is 42.4 Å². The third-order valence-electron chi connectivity index (χ3n) is 5.55. The van der Waals surface area contributed by atoms with Crippen molar-refractivity contribution in [1.29, 1.82) is 0 Å². The van der Waals surface area contributed by atoms with E-state index in [-0.39, 0.29) is 11.7 Å². The molecular formula is C22H21F2N7. The van der Waals surface area contributed by atoms with Crippen molar-refractivity contribution in [3.8, 4) is 5.69 Å². The van der Waals surface area contributed by atoms with Gasteiger partial charge in [-0.2, -0.15) is 10.1 Å². The molecule has 1 aliphatic rings. The molecule has 4 aromatic rings. The first-order chi connectivity index (χ1) is 15.1. The Labute approximate surface area is 177 Å². The van der Waals surface area contributed by atoms with Crippen LogP contribution in [0, 0.1) is 18.6 Å². The van der Waals surface area contributed by atoms with Gasteiger partial charge in [-0.15, -0.1) is 5.10 Å². The lowest BCUT2D eigenvalue weighted by atomic mass is 9.93. The standard InChI is InChI=1S/C22H21F2N7/c1-14-25-13-26-31(14)20-10-9-17(12-19(20)24)27-22-28-21-18(4-2-3-11-30(21)29-22)15-5-7-16(23)8-6-15/h5-10,12-13,18H,2-4,11H2,1H3,(H,27,29). The Morgan fingerprint density at radius 1 is 1.06 bits per heavy atom. The number of nitrogens with zero attached hydrogens (tertiary/aromatic N) is 6. The molecule has 0 amide bonds. The maximum Gasteiger partial charge on any atom is 0.246 e. The summed E-state index contributed by atoms with van der Waals surface area (Å²) < 4.78 is 31.4. The Hall–Kier alpha value is -3.62. The first-order valence-electron chi connectivity index (χ1n) is 10.2. The summed E-state index contributed by atoms with van der Waals surface area (Å²) in [6, 6.07) is 11.3. The minimum absolute atomic E-state index is 0.0422. The Kier molecular flexibility index (Phi) is 4.93. The van der Waals surface area contributed by atoms with Crippen molar-refractivity contribution in [3.05, 3.63) is 77.6 Å². The van der Waals surface area contributed by atoms with Crippen LogP contribution >= 0.6 is 0 Å². The summed E-state index contributed by atoms with van der Waals surface area (Å²) in [7, 11) is 0. The summed E-state index contributed by atoms with van der Waals surface area (Å²) in [6.45, 7) is 2.53. The van der Waals surface area contributed by atoms with E-state index >= 15 is 0 Å². The third-order valence-corrected chi connectivity index (χ3v) is 5.55. The van der Waals surface area contributed by atoms with Gasteiger partial charge in [0.1, 0.15) is 29.5 Å². The zero-order chi connectivity index (χ0) is 21.4. The molecule has 5 rings (SSSR count). The lowest BCUT2D eigenvalue weighted by molar-refractivity contribution is 0.576. The molecular weight excluding hydrogens is 400 g/mol. The molecule has 1 aliphatic heterocycles. The van der Waals surface area contributed by atoms with Gasteiger partial charge in [0.15, 0.2) is 5.82 Å². The van der Waals surface area contributed by atoms with Crippen LogP contribution in [0.2, 0.25) is 0 Å². The van der Waals surface area contributed by atoms with Gasteiger partial charge >= 0.3 is 0 Å². The van der Waals surface area contributed by atoms with Gasteiger partial charge < -0.3 is 5.32 Å². The van der Waals surface area contributed by atoms with E-state index in [1.165, 1.54) is 29.2 Å². The highest BCUT2D eigenvalue weighted by Gasteiger charge is 2.24. The largest absolute Gasteiger partial charge is 0.323 e. The molecule has 31 heavy (non-hydrogen) atoms. The maximum atomic E-state index is 14.7. The SMILES string of the molecule is Cc1ncnn1-c1ccc(Nc2nc3n(n2)CCCCC3c2ccc(F)cc2)cc1F.